The van der Waals surface area contributed by atoms with Crippen LogP contribution in [0.4, 0.5) is 0 Å². The molecule has 132 valence electrons. The van der Waals surface area contributed by atoms with Crippen molar-refractivity contribution in [3.8, 4) is 0 Å². The number of benzene rings is 1. The van der Waals surface area contributed by atoms with Crippen molar-refractivity contribution >= 4 is 32.3 Å². The summed E-state index contributed by atoms with van der Waals surface area (Å²) in [6, 6.07) is 2.82. The smallest absolute Gasteiger partial charge is 0.243 e. The lowest BCUT2D eigenvalue weighted by atomic mass is 10.2. The van der Waals surface area contributed by atoms with E-state index < -0.39 is 19.9 Å². The highest BCUT2D eigenvalue weighted by molar-refractivity contribution is 7.91. The second kappa shape index (κ2) is 7.06. The van der Waals surface area contributed by atoms with Gasteiger partial charge in [0.05, 0.1) is 9.79 Å². The molecule has 0 spiro atoms. The fourth-order valence-electron chi connectivity index (χ4n) is 2.93. The van der Waals surface area contributed by atoms with Gasteiger partial charge in [0, 0.05) is 25.4 Å². The Morgan fingerprint density at radius 1 is 1.17 bits per heavy atom. The van der Waals surface area contributed by atoms with E-state index in [0.717, 1.165) is 19.1 Å². The van der Waals surface area contributed by atoms with Gasteiger partial charge in [-0.25, -0.2) is 16.8 Å². The molecule has 1 aliphatic heterocycles. The molecule has 0 radical (unpaired) electrons. The van der Waals surface area contributed by atoms with Gasteiger partial charge in [0.25, 0.3) is 0 Å². The second-order valence-electron chi connectivity index (χ2n) is 5.81. The van der Waals surface area contributed by atoms with Gasteiger partial charge in [0.15, 0.2) is 9.84 Å². The standard InChI is InChI=1S/C14H22N2O4S2.ClH/c1-10-7-13(21(3,17)18)11(2)14(8-10)22(19,20)16-6-4-5-12(16)9-15;/h7-8,12H,4-6,9,15H2,1-3H3;1H. The summed E-state index contributed by atoms with van der Waals surface area (Å²) >= 11 is 0. The maximum Gasteiger partial charge on any atom is 0.243 e. The quantitative estimate of drug-likeness (QED) is 0.844. The fourth-order valence-corrected chi connectivity index (χ4v) is 6.10. The summed E-state index contributed by atoms with van der Waals surface area (Å²) in [6.07, 6.45) is 2.59. The molecular formula is C14H23ClN2O4S2. The number of rotatable bonds is 4. The van der Waals surface area contributed by atoms with Gasteiger partial charge in [-0.05, 0) is 49.9 Å². The van der Waals surface area contributed by atoms with Crippen LogP contribution in [0.25, 0.3) is 0 Å². The number of nitrogens with two attached hydrogens (primary N) is 1. The van der Waals surface area contributed by atoms with Crippen molar-refractivity contribution in [2.75, 3.05) is 19.3 Å². The van der Waals surface area contributed by atoms with Gasteiger partial charge in [-0.15, -0.1) is 12.4 Å². The number of aryl methyl sites for hydroxylation is 1. The Labute approximate surface area is 144 Å². The van der Waals surface area contributed by atoms with Crippen LogP contribution >= 0.6 is 12.4 Å². The molecule has 1 heterocycles. The van der Waals surface area contributed by atoms with Crippen LogP contribution in [-0.2, 0) is 19.9 Å². The molecule has 0 bridgehead atoms. The molecule has 1 aromatic carbocycles. The van der Waals surface area contributed by atoms with E-state index in [2.05, 4.69) is 0 Å². The van der Waals surface area contributed by atoms with E-state index in [4.69, 9.17) is 5.73 Å². The highest BCUT2D eigenvalue weighted by Gasteiger charge is 2.36. The molecule has 2 rings (SSSR count). The first-order valence-corrected chi connectivity index (χ1v) is 10.5. The lowest BCUT2D eigenvalue weighted by Crippen LogP contribution is -2.40. The summed E-state index contributed by atoms with van der Waals surface area (Å²) in [5.41, 5.74) is 6.54. The summed E-state index contributed by atoms with van der Waals surface area (Å²) in [5, 5.41) is 0. The molecule has 0 aromatic heterocycles. The van der Waals surface area contributed by atoms with Gasteiger partial charge in [0.1, 0.15) is 0 Å². The van der Waals surface area contributed by atoms with Crippen LogP contribution in [0.3, 0.4) is 0 Å². The first kappa shape index (κ1) is 20.4. The predicted octanol–water partition coefficient (Wildman–Crippen LogP) is 1.24. The third kappa shape index (κ3) is 3.88. The number of sulfone groups is 1. The summed E-state index contributed by atoms with van der Waals surface area (Å²) in [4.78, 5) is 0.128. The Morgan fingerprint density at radius 3 is 2.26 bits per heavy atom. The van der Waals surface area contributed by atoms with Gasteiger partial charge in [-0.2, -0.15) is 4.31 Å². The van der Waals surface area contributed by atoms with E-state index in [1.807, 2.05) is 0 Å². The SMILES string of the molecule is Cc1cc(S(C)(=O)=O)c(C)c(S(=O)(=O)N2CCCC2CN)c1.Cl. The van der Waals surface area contributed by atoms with Crippen molar-refractivity contribution < 1.29 is 16.8 Å². The van der Waals surface area contributed by atoms with Gasteiger partial charge < -0.3 is 5.73 Å². The Balaban J connectivity index is 0.00000264. The van der Waals surface area contributed by atoms with Crippen molar-refractivity contribution in [1.82, 2.24) is 4.31 Å². The summed E-state index contributed by atoms with van der Waals surface area (Å²) in [5.74, 6) is 0. The number of hydrogen-bond acceptors (Lipinski definition) is 5. The molecule has 0 aliphatic carbocycles. The average molecular weight is 383 g/mol. The lowest BCUT2D eigenvalue weighted by Gasteiger charge is -2.24. The zero-order valence-corrected chi connectivity index (χ0v) is 15.9. The van der Waals surface area contributed by atoms with Crippen molar-refractivity contribution in [3.05, 3.63) is 23.3 Å². The molecule has 0 saturated carbocycles. The number of halogens is 1. The molecule has 1 unspecified atom stereocenters. The molecule has 9 heteroatoms. The number of nitrogens with zero attached hydrogens (tertiary/aromatic N) is 1. The first-order valence-electron chi connectivity index (χ1n) is 7.12. The molecule has 1 aromatic rings. The minimum atomic E-state index is -3.75. The van der Waals surface area contributed by atoms with E-state index in [-0.39, 0.29) is 40.3 Å². The van der Waals surface area contributed by atoms with E-state index in [9.17, 15) is 16.8 Å². The number of hydrogen-bond donors (Lipinski definition) is 1. The third-order valence-corrected chi connectivity index (χ3v) is 7.34. The zero-order valence-electron chi connectivity index (χ0n) is 13.4. The topological polar surface area (TPSA) is 97.5 Å². The van der Waals surface area contributed by atoms with E-state index in [1.165, 1.54) is 23.4 Å². The van der Waals surface area contributed by atoms with Gasteiger partial charge in [-0.1, -0.05) is 0 Å². The molecule has 0 amide bonds. The Hall–Kier alpha value is -0.670. The second-order valence-corrected chi connectivity index (χ2v) is 9.65. The van der Waals surface area contributed by atoms with Crippen molar-refractivity contribution in [3.63, 3.8) is 0 Å². The minimum absolute atomic E-state index is 0. The summed E-state index contributed by atoms with van der Waals surface area (Å²) < 4.78 is 51.1. The van der Waals surface area contributed by atoms with Crippen LogP contribution in [0.15, 0.2) is 21.9 Å². The lowest BCUT2D eigenvalue weighted by molar-refractivity contribution is 0.392. The highest BCUT2D eigenvalue weighted by Crippen LogP contribution is 2.31. The Morgan fingerprint density at radius 2 is 1.74 bits per heavy atom. The van der Waals surface area contributed by atoms with Crippen LogP contribution < -0.4 is 5.73 Å². The van der Waals surface area contributed by atoms with Crippen molar-refractivity contribution in [2.24, 2.45) is 5.73 Å². The maximum absolute atomic E-state index is 12.9. The Kier molecular flexibility index (Phi) is 6.26. The number of sulfonamides is 1. The van der Waals surface area contributed by atoms with Crippen LogP contribution in [0.1, 0.15) is 24.0 Å². The van der Waals surface area contributed by atoms with E-state index >= 15 is 0 Å². The molecule has 1 fully saturated rings. The van der Waals surface area contributed by atoms with Gasteiger partial charge >= 0.3 is 0 Å². The van der Waals surface area contributed by atoms with E-state index in [1.54, 1.807) is 6.92 Å². The zero-order chi connectivity index (χ0) is 16.7. The van der Waals surface area contributed by atoms with Crippen LogP contribution in [0, 0.1) is 13.8 Å². The third-order valence-electron chi connectivity index (χ3n) is 4.04. The average Bonchev–Trinajstić information content (AvgIpc) is 2.88. The molecule has 6 nitrogen and oxygen atoms in total. The van der Waals surface area contributed by atoms with Gasteiger partial charge in [-0.3, -0.25) is 0 Å². The summed E-state index contributed by atoms with van der Waals surface area (Å²) in [7, 11) is -7.24. The molecule has 2 N–H and O–H groups in total. The molecule has 1 saturated heterocycles. The fraction of sp³-hybridized carbons (Fsp3) is 0.571. The molecule has 23 heavy (non-hydrogen) atoms. The van der Waals surface area contributed by atoms with E-state index in [0.29, 0.717) is 12.1 Å². The Bertz CT molecular complexity index is 791. The van der Waals surface area contributed by atoms with Gasteiger partial charge in [0.2, 0.25) is 10.0 Å². The molecule has 1 atom stereocenters. The first-order chi connectivity index (χ1) is 10.1. The largest absolute Gasteiger partial charge is 0.329 e. The molecular weight excluding hydrogens is 360 g/mol. The normalized spacial score (nSPS) is 19.6. The monoisotopic (exact) mass is 382 g/mol. The predicted molar refractivity (Wildman–Crippen MR) is 92.2 cm³/mol. The minimum Gasteiger partial charge on any atom is -0.329 e. The highest BCUT2D eigenvalue weighted by atomic mass is 35.5. The van der Waals surface area contributed by atoms with Crippen LogP contribution in [0.2, 0.25) is 0 Å². The summed E-state index contributed by atoms with van der Waals surface area (Å²) in [6.45, 7) is 3.92. The maximum atomic E-state index is 12.9. The van der Waals surface area contributed by atoms with Crippen molar-refractivity contribution in [1.29, 1.82) is 0 Å². The van der Waals surface area contributed by atoms with Crippen LogP contribution in [0.5, 0.6) is 0 Å². The molecule has 1 aliphatic rings. The van der Waals surface area contributed by atoms with Crippen molar-refractivity contribution in [2.45, 2.75) is 42.5 Å². The van der Waals surface area contributed by atoms with Crippen LogP contribution in [-0.4, -0.2) is 46.5 Å².